The summed E-state index contributed by atoms with van der Waals surface area (Å²) < 4.78 is 17.1. The van der Waals surface area contributed by atoms with E-state index < -0.39 is 5.82 Å². The van der Waals surface area contributed by atoms with Gasteiger partial charge in [0.05, 0.1) is 27.4 Å². The number of amides is 1. The number of thioether (sulfide) groups is 1. The Balaban J connectivity index is 1.69. The second kappa shape index (κ2) is 8.91. The lowest BCUT2D eigenvalue weighted by Gasteiger charge is -2.13. The molecule has 1 amide bonds. The van der Waals surface area contributed by atoms with E-state index in [-0.39, 0.29) is 28.5 Å². The Morgan fingerprint density at radius 1 is 1.22 bits per heavy atom. The second-order valence-corrected chi connectivity index (χ2v) is 9.26. The van der Waals surface area contributed by atoms with E-state index in [1.165, 1.54) is 34.5 Å². The number of nitrogens with one attached hydrogen (secondary N) is 1. The van der Waals surface area contributed by atoms with Crippen LogP contribution < -0.4 is 10.9 Å². The van der Waals surface area contributed by atoms with Gasteiger partial charge in [-0.1, -0.05) is 43.3 Å². The Morgan fingerprint density at radius 2 is 2.00 bits per heavy atom. The first-order chi connectivity index (χ1) is 15.2. The summed E-state index contributed by atoms with van der Waals surface area (Å²) >= 11 is 7.36. The molecule has 166 valence electrons. The van der Waals surface area contributed by atoms with Gasteiger partial charge in [0.15, 0.2) is 5.16 Å². The van der Waals surface area contributed by atoms with E-state index in [1.807, 2.05) is 26.8 Å². The number of anilines is 1. The third kappa shape index (κ3) is 4.35. The van der Waals surface area contributed by atoms with E-state index in [1.54, 1.807) is 16.5 Å². The molecule has 2 aromatic heterocycles. The Kier molecular flexibility index (Phi) is 6.21. The number of nitrogens with zero attached hydrogens (tertiary/aromatic N) is 4. The standard InChI is InChI=1S/C22H21ClFN5O2S/c1-12(2)10-28-20(31)15-9-14(24)5-7-18(15)29-21(28)26-27-22(29)32-11-19(30)25-17-6-4-13(3)8-16(17)23/h4-9,12H,10-11H2,1-3H3,(H,25,30). The predicted octanol–water partition coefficient (Wildman–Crippen LogP) is 4.53. The van der Waals surface area contributed by atoms with Crippen molar-refractivity contribution < 1.29 is 9.18 Å². The van der Waals surface area contributed by atoms with Crippen LogP contribution in [-0.4, -0.2) is 30.8 Å². The van der Waals surface area contributed by atoms with Crippen LogP contribution in [0.1, 0.15) is 19.4 Å². The highest BCUT2D eigenvalue weighted by Crippen LogP contribution is 2.25. The molecular weight excluding hydrogens is 453 g/mol. The molecule has 2 heterocycles. The Bertz CT molecular complexity index is 1400. The van der Waals surface area contributed by atoms with Crippen molar-refractivity contribution in [1.29, 1.82) is 0 Å². The molecule has 0 spiro atoms. The zero-order valence-electron chi connectivity index (χ0n) is 17.7. The number of hydrogen-bond donors (Lipinski definition) is 1. The molecule has 1 N–H and O–H groups in total. The molecule has 0 bridgehead atoms. The number of carbonyl (C=O) groups excluding carboxylic acids is 1. The van der Waals surface area contributed by atoms with Crippen LogP contribution in [0.5, 0.6) is 0 Å². The Hall–Kier alpha value is -2.91. The molecule has 0 saturated heterocycles. The van der Waals surface area contributed by atoms with Crippen LogP contribution in [0, 0.1) is 18.7 Å². The first-order valence-corrected chi connectivity index (χ1v) is 11.4. The minimum Gasteiger partial charge on any atom is -0.324 e. The van der Waals surface area contributed by atoms with E-state index >= 15 is 0 Å². The molecule has 32 heavy (non-hydrogen) atoms. The summed E-state index contributed by atoms with van der Waals surface area (Å²) in [6, 6.07) is 9.41. The summed E-state index contributed by atoms with van der Waals surface area (Å²) in [6.45, 7) is 6.28. The molecule has 0 aliphatic rings. The lowest BCUT2D eigenvalue weighted by Crippen LogP contribution is -2.25. The van der Waals surface area contributed by atoms with Crippen LogP contribution in [0.3, 0.4) is 0 Å². The molecule has 7 nitrogen and oxygen atoms in total. The van der Waals surface area contributed by atoms with Gasteiger partial charge in [0, 0.05) is 6.54 Å². The number of carbonyl (C=O) groups is 1. The number of fused-ring (bicyclic) bond motifs is 3. The zero-order chi connectivity index (χ0) is 23.0. The normalized spacial score (nSPS) is 11.6. The minimum atomic E-state index is -0.498. The lowest BCUT2D eigenvalue weighted by atomic mass is 10.2. The monoisotopic (exact) mass is 473 g/mol. The predicted molar refractivity (Wildman–Crippen MR) is 125 cm³/mol. The number of benzene rings is 2. The van der Waals surface area contributed by atoms with Crippen LogP contribution in [0.25, 0.3) is 16.7 Å². The van der Waals surface area contributed by atoms with Gasteiger partial charge < -0.3 is 5.32 Å². The molecule has 0 aliphatic heterocycles. The SMILES string of the molecule is Cc1ccc(NC(=O)CSc2nnc3n(CC(C)C)c(=O)c4cc(F)ccc4n23)c(Cl)c1. The van der Waals surface area contributed by atoms with Crippen molar-refractivity contribution in [3.8, 4) is 0 Å². The maximum Gasteiger partial charge on any atom is 0.262 e. The summed E-state index contributed by atoms with van der Waals surface area (Å²) in [7, 11) is 0. The molecule has 2 aromatic carbocycles. The van der Waals surface area contributed by atoms with Crippen LogP contribution in [0.4, 0.5) is 10.1 Å². The van der Waals surface area contributed by atoms with Gasteiger partial charge in [-0.25, -0.2) is 4.39 Å². The molecule has 0 atom stereocenters. The molecular formula is C22H21ClFN5O2S. The van der Waals surface area contributed by atoms with Gasteiger partial charge in [0.2, 0.25) is 11.7 Å². The van der Waals surface area contributed by atoms with Crippen molar-refractivity contribution in [2.24, 2.45) is 5.92 Å². The Morgan fingerprint density at radius 3 is 2.72 bits per heavy atom. The average molecular weight is 474 g/mol. The maximum absolute atomic E-state index is 13.9. The van der Waals surface area contributed by atoms with Crippen LogP contribution in [-0.2, 0) is 11.3 Å². The fourth-order valence-electron chi connectivity index (χ4n) is 3.42. The highest BCUT2D eigenvalue weighted by Gasteiger charge is 2.19. The molecule has 4 aromatic rings. The fraction of sp³-hybridized carbons (Fsp3) is 0.273. The van der Waals surface area contributed by atoms with Gasteiger partial charge in [0.25, 0.3) is 5.56 Å². The summed E-state index contributed by atoms with van der Waals surface area (Å²) in [5, 5.41) is 12.3. The van der Waals surface area contributed by atoms with Crippen molar-refractivity contribution >= 4 is 51.6 Å². The second-order valence-electron chi connectivity index (χ2n) is 7.91. The number of aromatic nitrogens is 4. The number of halogens is 2. The smallest absolute Gasteiger partial charge is 0.262 e. The van der Waals surface area contributed by atoms with Gasteiger partial charge in [-0.05, 0) is 48.7 Å². The van der Waals surface area contributed by atoms with Crippen LogP contribution in [0.15, 0.2) is 46.3 Å². The first kappa shape index (κ1) is 22.3. The summed E-state index contributed by atoms with van der Waals surface area (Å²) in [6.07, 6.45) is 0. The molecule has 0 fully saturated rings. The summed E-state index contributed by atoms with van der Waals surface area (Å²) in [5.41, 5.74) is 1.69. The van der Waals surface area contributed by atoms with E-state index in [9.17, 15) is 14.0 Å². The minimum absolute atomic E-state index is 0.0526. The van der Waals surface area contributed by atoms with Gasteiger partial charge >= 0.3 is 0 Å². The van der Waals surface area contributed by atoms with Gasteiger partial charge in [-0.2, -0.15) is 0 Å². The highest BCUT2D eigenvalue weighted by atomic mass is 35.5. The summed E-state index contributed by atoms with van der Waals surface area (Å²) in [4.78, 5) is 25.5. The molecule has 4 rings (SSSR count). The van der Waals surface area contributed by atoms with Crippen molar-refractivity contribution in [3.05, 3.63) is 63.2 Å². The van der Waals surface area contributed by atoms with E-state index in [0.29, 0.717) is 33.7 Å². The molecule has 0 aliphatic carbocycles. The van der Waals surface area contributed by atoms with E-state index in [4.69, 9.17) is 11.6 Å². The van der Waals surface area contributed by atoms with Crippen LogP contribution >= 0.6 is 23.4 Å². The van der Waals surface area contributed by atoms with E-state index in [0.717, 1.165) is 5.56 Å². The lowest BCUT2D eigenvalue weighted by molar-refractivity contribution is -0.113. The highest BCUT2D eigenvalue weighted by molar-refractivity contribution is 7.99. The zero-order valence-corrected chi connectivity index (χ0v) is 19.3. The molecule has 0 radical (unpaired) electrons. The van der Waals surface area contributed by atoms with Crippen molar-refractivity contribution in [2.75, 3.05) is 11.1 Å². The topological polar surface area (TPSA) is 81.3 Å². The molecule has 0 unspecified atom stereocenters. The number of rotatable bonds is 6. The van der Waals surface area contributed by atoms with Crippen molar-refractivity contribution in [2.45, 2.75) is 32.5 Å². The fourth-order valence-corrected chi connectivity index (χ4v) is 4.44. The third-order valence-corrected chi connectivity index (χ3v) is 6.05. The quantitative estimate of drug-likeness (QED) is 0.416. The maximum atomic E-state index is 13.9. The largest absolute Gasteiger partial charge is 0.324 e. The third-order valence-electron chi connectivity index (χ3n) is 4.81. The number of hydrogen-bond acceptors (Lipinski definition) is 5. The van der Waals surface area contributed by atoms with Crippen molar-refractivity contribution in [3.63, 3.8) is 0 Å². The van der Waals surface area contributed by atoms with Gasteiger partial charge in [-0.3, -0.25) is 18.6 Å². The van der Waals surface area contributed by atoms with Crippen molar-refractivity contribution in [1.82, 2.24) is 19.2 Å². The van der Waals surface area contributed by atoms with E-state index in [2.05, 4.69) is 15.5 Å². The van der Waals surface area contributed by atoms with Gasteiger partial charge in [0.1, 0.15) is 5.82 Å². The molecule has 0 saturated carbocycles. The van der Waals surface area contributed by atoms with Crippen LogP contribution in [0.2, 0.25) is 5.02 Å². The first-order valence-electron chi connectivity index (χ1n) is 10.0. The Labute approximate surface area is 192 Å². The number of aryl methyl sites for hydroxylation is 1. The molecule has 10 heteroatoms. The average Bonchev–Trinajstić information content (AvgIpc) is 3.15. The van der Waals surface area contributed by atoms with Gasteiger partial charge in [-0.15, -0.1) is 10.2 Å². The summed E-state index contributed by atoms with van der Waals surface area (Å²) in [5.74, 6) is -0.186.